The summed E-state index contributed by atoms with van der Waals surface area (Å²) in [5.41, 5.74) is 1.63. The van der Waals surface area contributed by atoms with Crippen molar-refractivity contribution in [2.45, 2.75) is 19.9 Å². The predicted molar refractivity (Wildman–Crippen MR) is 87.9 cm³/mol. The maximum absolute atomic E-state index is 12.8. The van der Waals surface area contributed by atoms with Gasteiger partial charge >= 0.3 is 0 Å². The van der Waals surface area contributed by atoms with Gasteiger partial charge in [-0.25, -0.2) is 0 Å². The van der Waals surface area contributed by atoms with Gasteiger partial charge < -0.3 is 9.88 Å². The van der Waals surface area contributed by atoms with Crippen LogP contribution in [0.15, 0.2) is 42.6 Å². The summed E-state index contributed by atoms with van der Waals surface area (Å²) in [7, 11) is 1.86. The van der Waals surface area contributed by atoms with Gasteiger partial charge in [0.15, 0.2) is 0 Å². The number of rotatable bonds is 3. The van der Waals surface area contributed by atoms with Gasteiger partial charge in [0.2, 0.25) is 0 Å². The second kappa shape index (κ2) is 5.37. The Labute approximate surface area is 128 Å². The molecule has 0 bridgehead atoms. The third kappa shape index (κ3) is 2.47. The Bertz CT molecular complexity index is 787. The number of para-hydroxylation sites is 1. The van der Waals surface area contributed by atoms with E-state index in [0.717, 1.165) is 16.5 Å². The normalized spacial score (nSPS) is 12.5. The molecule has 0 saturated carbocycles. The number of nitrogens with one attached hydrogen (secondary N) is 1. The van der Waals surface area contributed by atoms with E-state index in [4.69, 9.17) is 0 Å². The number of nitrogens with zero attached hydrogens (tertiary/aromatic N) is 1. The van der Waals surface area contributed by atoms with Crippen LogP contribution in [-0.4, -0.2) is 22.8 Å². The summed E-state index contributed by atoms with van der Waals surface area (Å²) in [6.07, 6.45) is 1.87. The van der Waals surface area contributed by atoms with Gasteiger partial charge in [0.25, 0.3) is 5.91 Å². The first-order chi connectivity index (χ1) is 10.1. The van der Waals surface area contributed by atoms with Gasteiger partial charge in [-0.05, 0) is 38.1 Å². The van der Waals surface area contributed by atoms with Gasteiger partial charge in [-0.2, -0.15) is 0 Å². The minimum absolute atomic E-state index is 0.0432. The first-order valence-electron chi connectivity index (χ1n) is 6.97. The molecule has 108 valence electrons. The van der Waals surface area contributed by atoms with Crippen LogP contribution in [0.1, 0.15) is 33.1 Å². The second-order valence-corrected chi connectivity index (χ2v) is 6.61. The summed E-state index contributed by atoms with van der Waals surface area (Å²) in [6, 6.07) is 12.1. The molecule has 0 aliphatic rings. The monoisotopic (exact) mass is 298 g/mol. The minimum Gasteiger partial charge on any atom is -0.361 e. The standard InChI is InChI=1S/C17H18N2OS/c1-11-7-8-15(21-11)12(2)19(3)17(20)14-6-4-5-13-9-10-18-16(13)14/h4-10,12,18H,1-3H3. The highest BCUT2D eigenvalue weighted by Crippen LogP contribution is 2.28. The van der Waals surface area contributed by atoms with Crippen molar-refractivity contribution in [3.63, 3.8) is 0 Å². The Hall–Kier alpha value is -2.07. The molecule has 0 radical (unpaired) electrons. The molecular formula is C17H18N2OS. The maximum atomic E-state index is 12.8. The zero-order valence-corrected chi connectivity index (χ0v) is 13.2. The molecule has 1 atom stereocenters. The molecule has 0 fully saturated rings. The van der Waals surface area contributed by atoms with Crippen LogP contribution >= 0.6 is 11.3 Å². The topological polar surface area (TPSA) is 36.1 Å². The first-order valence-corrected chi connectivity index (χ1v) is 7.79. The minimum atomic E-state index is 0.0432. The number of aromatic amines is 1. The van der Waals surface area contributed by atoms with Gasteiger partial charge in [0, 0.05) is 28.4 Å². The van der Waals surface area contributed by atoms with E-state index in [1.807, 2.05) is 37.5 Å². The van der Waals surface area contributed by atoms with Crippen LogP contribution in [-0.2, 0) is 0 Å². The second-order valence-electron chi connectivity index (χ2n) is 5.29. The third-order valence-corrected chi connectivity index (χ3v) is 5.06. The number of thiophene rings is 1. The van der Waals surface area contributed by atoms with Crippen molar-refractivity contribution in [1.82, 2.24) is 9.88 Å². The number of aryl methyl sites for hydroxylation is 1. The number of H-pyrrole nitrogens is 1. The zero-order valence-electron chi connectivity index (χ0n) is 12.4. The molecule has 1 N–H and O–H groups in total. The molecule has 2 aromatic heterocycles. The van der Waals surface area contributed by atoms with Crippen LogP contribution in [0.25, 0.3) is 10.9 Å². The van der Waals surface area contributed by atoms with E-state index >= 15 is 0 Å². The highest BCUT2D eigenvalue weighted by atomic mass is 32.1. The molecule has 2 heterocycles. The first kappa shape index (κ1) is 13.9. The summed E-state index contributed by atoms with van der Waals surface area (Å²) < 4.78 is 0. The molecule has 1 unspecified atom stereocenters. The maximum Gasteiger partial charge on any atom is 0.256 e. The van der Waals surface area contributed by atoms with E-state index < -0.39 is 0 Å². The zero-order chi connectivity index (χ0) is 15.0. The number of carbonyl (C=O) groups is 1. The summed E-state index contributed by atoms with van der Waals surface area (Å²) in [4.78, 5) is 20.2. The average molecular weight is 298 g/mol. The summed E-state index contributed by atoms with van der Waals surface area (Å²) in [5, 5.41) is 1.06. The number of benzene rings is 1. The van der Waals surface area contributed by atoms with Crippen molar-refractivity contribution in [1.29, 1.82) is 0 Å². The molecule has 0 spiro atoms. The van der Waals surface area contributed by atoms with Gasteiger partial charge in [0.1, 0.15) is 0 Å². The van der Waals surface area contributed by atoms with Crippen LogP contribution in [0.5, 0.6) is 0 Å². The molecule has 0 aliphatic heterocycles. The molecule has 21 heavy (non-hydrogen) atoms. The fourth-order valence-electron chi connectivity index (χ4n) is 2.50. The van der Waals surface area contributed by atoms with Gasteiger partial charge in [-0.15, -0.1) is 11.3 Å². The van der Waals surface area contributed by atoms with Crippen LogP contribution in [0.3, 0.4) is 0 Å². The fourth-order valence-corrected chi connectivity index (χ4v) is 3.47. The Morgan fingerprint density at radius 2 is 2.05 bits per heavy atom. The van der Waals surface area contributed by atoms with Crippen molar-refractivity contribution in [2.75, 3.05) is 7.05 Å². The van der Waals surface area contributed by atoms with Crippen molar-refractivity contribution >= 4 is 28.1 Å². The van der Waals surface area contributed by atoms with Crippen LogP contribution in [0.2, 0.25) is 0 Å². The SMILES string of the molecule is Cc1ccc(C(C)N(C)C(=O)c2cccc3cc[nH]c23)s1. The van der Waals surface area contributed by atoms with Gasteiger partial charge in [-0.1, -0.05) is 12.1 Å². The van der Waals surface area contributed by atoms with Crippen molar-refractivity contribution < 1.29 is 4.79 Å². The smallest absolute Gasteiger partial charge is 0.256 e. The molecular weight excluding hydrogens is 280 g/mol. The quantitative estimate of drug-likeness (QED) is 0.765. The highest BCUT2D eigenvalue weighted by Gasteiger charge is 2.21. The predicted octanol–water partition coefficient (Wildman–Crippen LogP) is 4.37. The lowest BCUT2D eigenvalue weighted by Crippen LogP contribution is -2.29. The van der Waals surface area contributed by atoms with Gasteiger partial charge in [-0.3, -0.25) is 4.79 Å². The van der Waals surface area contributed by atoms with E-state index in [1.54, 1.807) is 16.2 Å². The molecule has 1 amide bonds. The fraction of sp³-hybridized carbons (Fsp3) is 0.235. The Morgan fingerprint density at radius 3 is 2.76 bits per heavy atom. The number of hydrogen-bond donors (Lipinski definition) is 1. The summed E-state index contributed by atoms with van der Waals surface area (Å²) >= 11 is 1.74. The molecule has 3 aromatic rings. The lowest BCUT2D eigenvalue weighted by molar-refractivity contribution is 0.0747. The number of carbonyl (C=O) groups excluding carboxylic acids is 1. The lowest BCUT2D eigenvalue weighted by Gasteiger charge is -2.24. The summed E-state index contributed by atoms with van der Waals surface area (Å²) in [6.45, 7) is 4.15. The van der Waals surface area contributed by atoms with Crippen LogP contribution in [0, 0.1) is 6.92 Å². The van der Waals surface area contributed by atoms with Crippen molar-refractivity contribution in [3.05, 3.63) is 57.9 Å². The number of fused-ring (bicyclic) bond motifs is 1. The molecule has 4 heteroatoms. The lowest BCUT2D eigenvalue weighted by atomic mass is 10.1. The van der Waals surface area contributed by atoms with E-state index in [9.17, 15) is 4.79 Å². The van der Waals surface area contributed by atoms with E-state index in [-0.39, 0.29) is 11.9 Å². The molecule has 0 saturated heterocycles. The molecule has 3 nitrogen and oxygen atoms in total. The van der Waals surface area contributed by atoms with Gasteiger partial charge in [0.05, 0.1) is 17.1 Å². The van der Waals surface area contributed by atoms with E-state index in [0.29, 0.717) is 0 Å². The number of hydrogen-bond acceptors (Lipinski definition) is 2. The van der Waals surface area contributed by atoms with Crippen molar-refractivity contribution in [3.8, 4) is 0 Å². The Kier molecular flexibility index (Phi) is 3.55. The van der Waals surface area contributed by atoms with Crippen LogP contribution < -0.4 is 0 Å². The van der Waals surface area contributed by atoms with Crippen LogP contribution in [0.4, 0.5) is 0 Å². The van der Waals surface area contributed by atoms with E-state index in [2.05, 4.69) is 31.0 Å². The molecule has 0 aliphatic carbocycles. The van der Waals surface area contributed by atoms with Crippen molar-refractivity contribution in [2.24, 2.45) is 0 Å². The largest absolute Gasteiger partial charge is 0.361 e. The highest BCUT2D eigenvalue weighted by molar-refractivity contribution is 7.12. The number of amides is 1. The summed E-state index contributed by atoms with van der Waals surface area (Å²) in [5.74, 6) is 0.0432. The Balaban J connectivity index is 1.92. The molecule has 1 aromatic carbocycles. The van der Waals surface area contributed by atoms with E-state index in [1.165, 1.54) is 9.75 Å². The Morgan fingerprint density at radius 1 is 1.24 bits per heavy atom. The number of aromatic nitrogens is 1. The average Bonchev–Trinajstić information content (AvgIpc) is 3.13. The third-order valence-electron chi connectivity index (χ3n) is 3.89. The molecule has 3 rings (SSSR count).